The third-order valence-corrected chi connectivity index (χ3v) is 3.88. The molecule has 0 aliphatic heterocycles. The number of fused-ring (bicyclic) bond motifs is 1. The van der Waals surface area contributed by atoms with Crippen LogP contribution < -0.4 is 10.5 Å². The first kappa shape index (κ1) is 15.4. The van der Waals surface area contributed by atoms with E-state index in [4.69, 9.17) is 26.5 Å². The average Bonchev–Trinajstić information content (AvgIpc) is 2.82. The van der Waals surface area contributed by atoms with E-state index >= 15 is 0 Å². The fourth-order valence-corrected chi connectivity index (χ4v) is 2.64. The van der Waals surface area contributed by atoms with Gasteiger partial charge < -0.3 is 14.9 Å². The molecule has 0 bridgehead atoms. The highest BCUT2D eigenvalue weighted by Gasteiger charge is 2.16. The van der Waals surface area contributed by atoms with Crippen LogP contribution in [0.25, 0.3) is 11.0 Å². The first-order chi connectivity index (χ1) is 11.0. The van der Waals surface area contributed by atoms with Gasteiger partial charge in [-0.1, -0.05) is 17.7 Å². The Balaban J connectivity index is 1.92. The van der Waals surface area contributed by atoms with Crippen LogP contribution in [-0.2, 0) is 6.61 Å². The van der Waals surface area contributed by atoms with Crippen molar-refractivity contribution in [3.63, 3.8) is 0 Å². The number of amides is 1. The standard InChI is InChI=1S/C17H13ClFNO3/c1-9-16(17(20)21)11-7-10(5-6-15(11)23-9)22-8-12-13(18)3-2-4-14(12)19/h2-7H,8H2,1H3,(H2,20,21). The van der Waals surface area contributed by atoms with Crippen molar-refractivity contribution in [3.05, 3.63) is 64.1 Å². The van der Waals surface area contributed by atoms with Crippen molar-refractivity contribution in [2.45, 2.75) is 13.5 Å². The molecule has 3 aromatic rings. The summed E-state index contributed by atoms with van der Waals surface area (Å²) in [5, 5.41) is 0.857. The number of halogens is 2. The van der Waals surface area contributed by atoms with E-state index in [1.165, 1.54) is 12.1 Å². The second-order valence-corrected chi connectivity index (χ2v) is 5.45. The monoisotopic (exact) mass is 333 g/mol. The molecular weight excluding hydrogens is 321 g/mol. The number of primary amides is 1. The number of aryl methyl sites for hydroxylation is 1. The number of rotatable bonds is 4. The maximum Gasteiger partial charge on any atom is 0.252 e. The minimum atomic E-state index is -0.574. The maximum atomic E-state index is 13.7. The van der Waals surface area contributed by atoms with Crippen molar-refractivity contribution >= 4 is 28.5 Å². The molecule has 3 rings (SSSR count). The molecule has 0 saturated carbocycles. The van der Waals surface area contributed by atoms with E-state index < -0.39 is 11.7 Å². The maximum absolute atomic E-state index is 13.7. The lowest BCUT2D eigenvalue weighted by Crippen LogP contribution is -2.11. The molecule has 1 amide bonds. The highest BCUT2D eigenvalue weighted by Crippen LogP contribution is 2.29. The van der Waals surface area contributed by atoms with Gasteiger partial charge in [0.05, 0.1) is 10.6 Å². The lowest BCUT2D eigenvalue weighted by molar-refractivity contribution is 0.1000. The van der Waals surface area contributed by atoms with Crippen molar-refractivity contribution in [1.29, 1.82) is 0 Å². The van der Waals surface area contributed by atoms with E-state index in [0.717, 1.165) is 0 Å². The Bertz CT molecular complexity index is 884. The molecule has 0 atom stereocenters. The summed E-state index contributed by atoms with van der Waals surface area (Å²) in [4.78, 5) is 11.5. The Morgan fingerprint density at radius 1 is 1.35 bits per heavy atom. The van der Waals surface area contributed by atoms with Gasteiger partial charge in [-0.2, -0.15) is 0 Å². The highest BCUT2D eigenvalue weighted by atomic mass is 35.5. The first-order valence-corrected chi connectivity index (χ1v) is 7.24. The molecule has 4 nitrogen and oxygen atoms in total. The number of benzene rings is 2. The second-order valence-electron chi connectivity index (χ2n) is 5.04. The number of furan rings is 1. The third-order valence-electron chi connectivity index (χ3n) is 3.53. The van der Waals surface area contributed by atoms with Crippen LogP contribution in [0.2, 0.25) is 5.02 Å². The molecule has 118 valence electrons. The van der Waals surface area contributed by atoms with Gasteiger partial charge in [0.25, 0.3) is 5.91 Å². The summed E-state index contributed by atoms with van der Waals surface area (Å²) in [5.74, 6) is -0.104. The van der Waals surface area contributed by atoms with Gasteiger partial charge in [-0.25, -0.2) is 4.39 Å². The normalized spacial score (nSPS) is 10.9. The minimum absolute atomic E-state index is 0.0280. The van der Waals surface area contributed by atoms with Crippen LogP contribution in [0.4, 0.5) is 4.39 Å². The molecule has 0 aliphatic carbocycles. The molecule has 0 fully saturated rings. The molecule has 0 unspecified atom stereocenters. The molecule has 1 aromatic heterocycles. The number of nitrogens with two attached hydrogens (primary N) is 1. The van der Waals surface area contributed by atoms with Crippen molar-refractivity contribution in [2.24, 2.45) is 5.73 Å². The van der Waals surface area contributed by atoms with Crippen molar-refractivity contribution in [1.82, 2.24) is 0 Å². The van der Waals surface area contributed by atoms with Gasteiger partial charge in [-0.3, -0.25) is 4.79 Å². The largest absolute Gasteiger partial charge is 0.489 e. The Morgan fingerprint density at radius 2 is 2.13 bits per heavy atom. The van der Waals surface area contributed by atoms with Crippen LogP contribution >= 0.6 is 11.6 Å². The number of hydrogen-bond donors (Lipinski definition) is 1. The van der Waals surface area contributed by atoms with E-state index in [0.29, 0.717) is 33.1 Å². The highest BCUT2D eigenvalue weighted by molar-refractivity contribution is 6.31. The third kappa shape index (κ3) is 2.87. The van der Waals surface area contributed by atoms with E-state index in [1.807, 2.05) is 0 Å². The van der Waals surface area contributed by atoms with Gasteiger partial charge >= 0.3 is 0 Å². The van der Waals surface area contributed by atoms with Crippen LogP contribution in [0, 0.1) is 12.7 Å². The number of carbonyl (C=O) groups excluding carboxylic acids is 1. The summed E-state index contributed by atoms with van der Waals surface area (Å²) >= 11 is 5.96. The van der Waals surface area contributed by atoms with Crippen LogP contribution in [0.3, 0.4) is 0 Å². The molecule has 23 heavy (non-hydrogen) atoms. The minimum Gasteiger partial charge on any atom is -0.489 e. The Kier molecular flexibility index (Phi) is 3.96. The van der Waals surface area contributed by atoms with E-state index in [2.05, 4.69) is 0 Å². The van der Waals surface area contributed by atoms with Gasteiger partial charge in [-0.15, -0.1) is 0 Å². The lowest BCUT2D eigenvalue weighted by atomic mass is 10.1. The molecule has 1 heterocycles. The zero-order valence-corrected chi connectivity index (χ0v) is 13.0. The number of ether oxygens (including phenoxy) is 1. The Labute approximate surface area is 136 Å². The lowest BCUT2D eigenvalue weighted by Gasteiger charge is -2.09. The summed E-state index contributed by atoms with van der Waals surface area (Å²) in [6, 6.07) is 9.43. The summed E-state index contributed by atoms with van der Waals surface area (Å²) in [7, 11) is 0. The van der Waals surface area contributed by atoms with Crippen LogP contribution in [0.5, 0.6) is 5.75 Å². The quantitative estimate of drug-likeness (QED) is 0.777. The van der Waals surface area contributed by atoms with Crippen LogP contribution in [-0.4, -0.2) is 5.91 Å². The number of carbonyl (C=O) groups is 1. The summed E-state index contributed by atoms with van der Waals surface area (Å²) in [6.07, 6.45) is 0. The van der Waals surface area contributed by atoms with Crippen LogP contribution in [0.15, 0.2) is 40.8 Å². The Hall–Kier alpha value is -2.53. The second kappa shape index (κ2) is 5.93. The smallest absolute Gasteiger partial charge is 0.252 e. The zero-order chi connectivity index (χ0) is 16.6. The fraction of sp³-hybridized carbons (Fsp3) is 0.118. The molecule has 2 N–H and O–H groups in total. The van der Waals surface area contributed by atoms with Crippen molar-refractivity contribution in [3.8, 4) is 5.75 Å². The molecule has 0 aliphatic rings. The van der Waals surface area contributed by atoms with E-state index in [9.17, 15) is 9.18 Å². The molecule has 2 aromatic carbocycles. The summed E-state index contributed by atoms with van der Waals surface area (Å²) in [5.41, 5.74) is 6.49. The van der Waals surface area contributed by atoms with Crippen molar-refractivity contribution < 1.29 is 18.3 Å². The topological polar surface area (TPSA) is 65.5 Å². The summed E-state index contributed by atoms with van der Waals surface area (Å²) in [6.45, 7) is 1.64. The van der Waals surface area contributed by atoms with E-state index in [1.54, 1.807) is 31.2 Å². The summed E-state index contributed by atoms with van der Waals surface area (Å²) < 4.78 is 24.8. The molecule has 6 heteroatoms. The van der Waals surface area contributed by atoms with Gasteiger partial charge in [0.1, 0.15) is 29.5 Å². The molecule has 0 spiro atoms. The fourth-order valence-electron chi connectivity index (χ4n) is 2.42. The average molecular weight is 334 g/mol. The predicted octanol–water partition coefficient (Wildman–Crippen LogP) is 4.21. The molecular formula is C17H13ClFNO3. The van der Waals surface area contributed by atoms with Crippen LogP contribution in [0.1, 0.15) is 21.7 Å². The van der Waals surface area contributed by atoms with Gasteiger partial charge in [0, 0.05) is 10.9 Å². The molecule has 0 radical (unpaired) electrons. The van der Waals surface area contributed by atoms with Gasteiger partial charge in [0.15, 0.2) is 0 Å². The van der Waals surface area contributed by atoms with Gasteiger partial charge in [0.2, 0.25) is 0 Å². The molecule has 0 saturated heterocycles. The first-order valence-electron chi connectivity index (χ1n) is 6.86. The zero-order valence-electron chi connectivity index (χ0n) is 12.2. The number of hydrogen-bond acceptors (Lipinski definition) is 3. The predicted molar refractivity (Wildman–Crippen MR) is 85.2 cm³/mol. The van der Waals surface area contributed by atoms with Gasteiger partial charge in [-0.05, 0) is 37.3 Å². The Morgan fingerprint density at radius 3 is 2.83 bits per heavy atom. The van der Waals surface area contributed by atoms with E-state index in [-0.39, 0.29) is 12.2 Å². The van der Waals surface area contributed by atoms with Crippen molar-refractivity contribution in [2.75, 3.05) is 0 Å². The SMILES string of the molecule is Cc1oc2ccc(OCc3c(F)cccc3Cl)cc2c1C(N)=O.